The second-order valence-electron chi connectivity index (χ2n) is 3.38. The molecule has 0 aromatic heterocycles. The summed E-state index contributed by atoms with van der Waals surface area (Å²) in [5, 5.41) is 8.90. The summed E-state index contributed by atoms with van der Waals surface area (Å²) in [6.07, 6.45) is 0.165. The number of fused-ring (bicyclic) bond motifs is 2. The second kappa shape index (κ2) is 3.09. The number of carboxylic acids is 1. The maximum absolute atomic E-state index is 11.3. The van der Waals surface area contributed by atoms with Gasteiger partial charge >= 0.3 is 11.9 Å². The van der Waals surface area contributed by atoms with Crippen molar-refractivity contribution in [3.8, 4) is 0 Å². The van der Waals surface area contributed by atoms with Gasteiger partial charge in [0.1, 0.15) is 0 Å². The molecule has 1 N–H and O–H groups in total. The van der Waals surface area contributed by atoms with E-state index in [0.29, 0.717) is 13.0 Å². The molecule has 5 nitrogen and oxygen atoms in total. The van der Waals surface area contributed by atoms with Gasteiger partial charge in [0, 0.05) is 5.92 Å². The number of esters is 1. The van der Waals surface area contributed by atoms with Crippen LogP contribution >= 0.6 is 0 Å². The zero-order valence-electron chi connectivity index (χ0n) is 7.65. The second-order valence-corrected chi connectivity index (χ2v) is 3.38. The number of aliphatic carboxylic acids is 1. The third-order valence-corrected chi connectivity index (χ3v) is 2.65. The first kappa shape index (κ1) is 9.21. The summed E-state index contributed by atoms with van der Waals surface area (Å²) in [6, 6.07) is 0. The Kier molecular flexibility index (Phi) is 2.03. The molecule has 0 radical (unpaired) electrons. The van der Waals surface area contributed by atoms with Crippen LogP contribution in [0.15, 0.2) is 11.1 Å². The van der Waals surface area contributed by atoms with E-state index in [9.17, 15) is 9.59 Å². The van der Waals surface area contributed by atoms with E-state index >= 15 is 0 Å². The van der Waals surface area contributed by atoms with Gasteiger partial charge in [-0.3, -0.25) is 0 Å². The molecule has 76 valence electrons. The van der Waals surface area contributed by atoms with E-state index in [1.165, 1.54) is 7.11 Å². The zero-order chi connectivity index (χ0) is 10.3. The minimum atomic E-state index is -1.09. The fraction of sp³-hybridized carbons (Fsp3) is 0.556. The molecule has 2 aliphatic rings. The first-order valence-electron chi connectivity index (χ1n) is 4.32. The molecule has 14 heavy (non-hydrogen) atoms. The molecule has 1 aliphatic heterocycles. The molecule has 2 rings (SSSR count). The molecule has 5 heteroatoms. The van der Waals surface area contributed by atoms with E-state index in [1.807, 2.05) is 0 Å². The molecule has 0 saturated carbocycles. The Hall–Kier alpha value is -1.36. The Morgan fingerprint density at radius 3 is 2.79 bits per heavy atom. The molecule has 0 amide bonds. The standard InChI is InChI=1S/C9H10O5/c1-13-9(12)6-4-2-5(14-3-4)7(6)8(10)11/h4-5H,2-3H2,1H3,(H,10,11). The van der Waals surface area contributed by atoms with Gasteiger partial charge in [0.05, 0.1) is 31.0 Å². The van der Waals surface area contributed by atoms with Crippen molar-refractivity contribution in [3.63, 3.8) is 0 Å². The summed E-state index contributed by atoms with van der Waals surface area (Å²) < 4.78 is 9.76. The van der Waals surface area contributed by atoms with Crippen molar-refractivity contribution >= 4 is 11.9 Å². The van der Waals surface area contributed by atoms with Crippen LogP contribution in [-0.4, -0.2) is 36.9 Å². The number of rotatable bonds is 2. The molecule has 0 spiro atoms. The lowest BCUT2D eigenvalue weighted by atomic mass is 10.0. The Balaban J connectivity index is 2.41. The van der Waals surface area contributed by atoms with Crippen LogP contribution in [0.4, 0.5) is 0 Å². The lowest BCUT2D eigenvalue weighted by Gasteiger charge is -2.15. The van der Waals surface area contributed by atoms with Crippen LogP contribution in [0.5, 0.6) is 0 Å². The molecule has 2 unspecified atom stereocenters. The molecule has 1 fully saturated rings. The molecule has 1 heterocycles. The Morgan fingerprint density at radius 1 is 1.50 bits per heavy atom. The van der Waals surface area contributed by atoms with E-state index in [2.05, 4.69) is 4.74 Å². The van der Waals surface area contributed by atoms with E-state index in [-0.39, 0.29) is 17.1 Å². The molecule has 1 saturated heterocycles. The molecular weight excluding hydrogens is 188 g/mol. The van der Waals surface area contributed by atoms with Crippen molar-refractivity contribution in [1.29, 1.82) is 0 Å². The predicted octanol–water partition coefficient (Wildman–Crippen LogP) is -0.0407. The number of carbonyl (C=O) groups excluding carboxylic acids is 1. The van der Waals surface area contributed by atoms with Crippen molar-refractivity contribution in [3.05, 3.63) is 11.1 Å². The van der Waals surface area contributed by atoms with Crippen molar-refractivity contribution in [1.82, 2.24) is 0 Å². The Morgan fingerprint density at radius 2 is 2.21 bits per heavy atom. The van der Waals surface area contributed by atoms with Gasteiger partial charge in [-0.05, 0) is 6.42 Å². The summed E-state index contributed by atoms with van der Waals surface area (Å²) in [5.41, 5.74) is 0.365. The fourth-order valence-corrected chi connectivity index (χ4v) is 2.06. The van der Waals surface area contributed by atoms with Crippen LogP contribution < -0.4 is 0 Å². The van der Waals surface area contributed by atoms with Gasteiger partial charge in [-0.15, -0.1) is 0 Å². The van der Waals surface area contributed by atoms with E-state index in [4.69, 9.17) is 9.84 Å². The Bertz CT molecular complexity index is 330. The molecule has 0 aromatic rings. The van der Waals surface area contributed by atoms with Crippen molar-refractivity contribution in [2.24, 2.45) is 5.92 Å². The lowest BCUT2D eigenvalue weighted by Crippen LogP contribution is -2.23. The first-order chi connectivity index (χ1) is 6.65. The van der Waals surface area contributed by atoms with Gasteiger partial charge in [0.15, 0.2) is 0 Å². The summed E-state index contributed by atoms with van der Waals surface area (Å²) >= 11 is 0. The zero-order valence-corrected chi connectivity index (χ0v) is 7.65. The van der Waals surface area contributed by atoms with Gasteiger partial charge in [0.25, 0.3) is 0 Å². The van der Waals surface area contributed by atoms with E-state index in [1.54, 1.807) is 0 Å². The average molecular weight is 198 g/mol. The van der Waals surface area contributed by atoms with Crippen LogP contribution in [0, 0.1) is 5.92 Å². The SMILES string of the molecule is COC(=O)C1=C(C(=O)O)C2CC1CO2. The number of ether oxygens (including phenoxy) is 2. The number of carbonyl (C=O) groups is 2. The summed E-state index contributed by atoms with van der Waals surface area (Å²) in [7, 11) is 1.25. The third kappa shape index (κ3) is 1.13. The minimum absolute atomic E-state index is 0.0769. The highest BCUT2D eigenvalue weighted by Gasteiger charge is 2.46. The maximum atomic E-state index is 11.3. The summed E-state index contributed by atoms with van der Waals surface area (Å²) in [4.78, 5) is 22.2. The normalized spacial score (nSPS) is 29.5. The smallest absolute Gasteiger partial charge is 0.334 e. The third-order valence-electron chi connectivity index (χ3n) is 2.65. The van der Waals surface area contributed by atoms with Gasteiger partial charge in [-0.2, -0.15) is 0 Å². The number of hydrogen-bond donors (Lipinski definition) is 1. The summed E-state index contributed by atoms with van der Waals surface area (Å²) in [5.74, 6) is -1.73. The highest BCUT2D eigenvalue weighted by atomic mass is 16.5. The first-order valence-corrected chi connectivity index (χ1v) is 4.32. The van der Waals surface area contributed by atoms with Crippen molar-refractivity contribution < 1.29 is 24.2 Å². The van der Waals surface area contributed by atoms with Crippen LogP contribution in [-0.2, 0) is 19.1 Å². The van der Waals surface area contributed by atoms with Gasteiger partial charge in [0.2, 0.25) is 0 Å². The largest absolute Gasteiger partial charge is 0.478 e. The maximum Gasteiger partial charge on any atom is 0.334 e. The van der Waals surface area contributed by atoms with Crippen LogP contribution in [0.2, 0.25) is 0 Å². The molecule has 0 aromatic carbocycles. The van der Waals surface area contributed by atoms with Crippen LogP contribution in [0.3, 0.4) is 0 Å². The van der Waals surface area contributed by atoms with Gasteiger partial charge < -0.3 is 14.6 Å². The highest BCUT2D eigenvalue weighted by molar-refractivity contribution is 6.02. The van der Waals surface area contributed by atoms with E-state index in [0.717, 1.165) is 0 Å². The lowest BCUT2D eigenvalue weighted by molar-refractivity contribution is -0.139. The molecule has 1 aliphatic carbocycles. The molecule has 2 bridgehead atoms. The highest BCUT2D eigenvalue weighted by Crippen LogP contribution is 2.40. The van der Waals surface area contributed by atoms with Crippen molar-refractivity contribution in [2.45, 2.75) is 12.5 Å². The number of methoxy groups -OCH3 is 1. The minimum Gasteiger partial charge on any atom is -0.478 e. The predicted molar refractivity (Wildman–Crippen MR) is 44.5 cm³/mol. The van der Waals surface area contributed by atoms with Crippen molar-refractivity contribution in [2.75, 3.05) is 13.7 Å². The van der Waals surface area contributed by atoms with Crippen LogP contribution in [0.25, 0.3) is 0 Å². The van der Waals surface area contributed by atoms with Crippen LogP contribution in [0.1, 0.15) is 6.42 Å². The van der Waals surface area contributed by atoms with E-state index < -0.39 is 18.0 Å². The number of carboxylic acid groups (broad SMARTS) is 1. The fourth-order valence-electron chi connectivity index (χ4n) is 2.06. The summed E-state index contributed by atoms with van der Waals surface area (Å²) in [6.45, 7) is 0.422. The molecular formula is C9H10O5. The van der Waals surface area contributed by atoms with Gasteiger partial charge in [-0.25, -0.2) is 9.59 Å². The monoisotopic (exact) mass is 198 g/mol. The van der Waals surface area contributed by atoms with Gasteiger partial charge in [-0.1, -0.05) is 0 Å². The average Bonchev–Trinajstić information content (AvgIpc) is 2.74. The quantitative estimate of drug-likeness (QED) is 0.630. The Labute approximate surface area is 80.3 Å². The number of hydrogen-bond acceptors (Lipinski definition) is 4. The molecule has 2 atom stereocenters. The topological polar surface area (TPSA) is 72.8 Å².